The first-order valence-electron chi connectivity index (χ1n) is 7.57. The van der Waals surface area contributed by atoms with Crippen molar-refractivity contribution < 1.29 is 4.74 Å². The molecule has 0 saturated heterocycles. The van der Waals surface area contributed by atoms with Gasteiger partial charge in [0.1, 0.15) is 5.69 Å². The second-order valence-corrected chi connectivity index (χ2v) is 4.77. The highest BCUT2D eigenvalue weighted by molar-refractivity contribution is 5.21. The maximum atomic E-state index is 5.34. The summed E-state index contributed by atoms with van der Waals surface area (Å²) in [5.74, 6) is 0.626. The average molecular weight is 280 g/mol. The van der Waals surface area contributed by atoms with Crippen LogP contribution >= 0.6 is 0 Å². The van der Waals surface area contributed by atoms with Crippen molar-refractivity contribution in [1.29, 1.82) is 0 Å². The summed E-state index contributed by atoms with van der Waals surface area (Å²) in [6.07, 6.45) is 5.51. The fourth-order valence-corrected chi connectivity index (χ4v) is 2.24. The lowest BCUT2D eigenvalue weighted by Crippen LogP contribution is -2.30. The molecule has 0 radical (unpaired) electrons. The number of ether oxygens (including phenoxy) is 1. The smallest absolute Gasteiger partial charge is 0.236 e. The van der Waals surface area contributed by atoms with Gasteiger partial charge >= 0.3 is 0 Å². The summed E-state index contributed by atoms with van der Waals surface area (Å²) >= 11 is 0. The van der Waals surface area contributed by atoms with Gasteiger partial charge in [-0.05, 0) is 39.0 Å². The van der Waals surface area contributed by atoms with Crippen molar-refractivity contribution >= 4 is 0 Å². The molecular formula is C15H28N4O. The van der Waals surface area contributed by atoms with Crippen LogP contribution in [0.2, 0.25) is 0 Å². The molecule has 0 saturated carbocycles. The Hall–Kier alpha value is -1.20. The van der Waals surface area contributed by atoms with Crippen molar-refractivity contribution in [1.82, 2.24) is 20.2 Å². The summed E-state index contributed by atoms with van der Waals surface area (Å²) < 4.78 is 5.34. The number of hydrogen-bond donors (Lipinski definition) is 1. The molecule has 1 unspecified atom stereocenters. The van der Waals surface area contributed by atoms with E-state index < -0.39 is 0 Å². The lowest BCUT2D eigenvalue weighted by atomic mass is 10.1. The fourth-order valence-electron chi connectivity index (χ4n) is 2.24. The molecule has 0 spiro atoms. The first kappa shape index (κ1) is 16.9. The van der Waals surface area contributed by atoms with Gasteiger partial charge in [-0.1, -0.05) is 20.8 Å². The monoisotopic (exact) mass is 280 g/mol. The van der Waals surface area contributed by atoms with Crippen LogP contribution in [0.1, 0.15) is 45.3 Å². The molecule has 5 nitrogen and oxygen atoms in total. The largest absolute Gasteiger partial charge is 0.480 e. The zero-order chi connectivity index (χ0) is 14.8. The van der Waals surface area contributed by atoms with Crippen molar-refractivity contribution in [2.75, 3.05) is 33.3 Å². The molecule has 0 amide bonds. The van der Waals surface area contributed by atoms with E-state index in [2.05, 4.69) is 41.0 Å². The number of aromatic nitrogens is 2. The summed E-state index contributed by atoms with van der Waals surface area (Å²) in [5.41, 5.74) is 0.913. The molecule has 1 N–H and O–H groups in total. The molecule has 0 aliphatic heterocycles. The molecule has 0 bridgehead atoms. The highest BCUT2D eigenvalue weighted by Crippen LogP contribution is 2.22. The fraction of sp³-hybridized carbons (Fsp3) is 0.733. The van der Waals surface area contributed by atoms with Gasteiger partial charge in [0.2, 0.25) is 5.88 Å². The minimum Gasteiger partial charge on any atom is -0.480 e. The van der Waals surface area contributed by atoms with Gasteiger partial charge in [-0.2, -0.15) is 0 Å². The van der Waals surface area contributed by atoms with E-state index in [1.165, 1.54) is 0 Å². The van der Waals surface area contributed by atoms with Gasteiger partial charge in [0.05, 0.1) is 13.2 Å². The highest BCUT2D eigenvalue weighted by Gasteiger charge is 2.18. The third-order valence-corrected chi connectivity index (χ3v) is 3.48. The molecule has 1 heterocycles. The second kappa shape index (κ2) is 9.66. The van der Waals surface area contributed by atoms with Crippen molar-refractivity contribution in [3.05, 3.63) is 18.1 Å². The average Bonchev–Trinajstić information content (AvgIpc) is 2.51. The van der Waals surface area contributed by atoms with E-state index in [1.807, 2.05) is 0 Å². The molecule has 114 valence electrons. The van der Waals surface area contributed by atoms with Gasteiger partial charge < -0.3 is 15.0 Å². The summed E-state index contributed by atoms with van der Waals surface area (Å²) in [6.45, 7) is 10.7. The van der Waals surface area contributed by atoms with Gasteiger partial charge in [0.25, 0.3) is 0 Å². The molecular weight excluding hydrogens is 252 g/mol. The number of methoxy groups -OCH3 is 1. The molecule has 5 heteroatoms. The molecule has 1 rings (SSSR count). The summed E-state index contributed by atoms with van der Waals surface area (Å²) in [4.78, 5) is 11.1. The van der Waals surface area contributed by atoms with Crippen LogP contribution in [0, 0.1) is 0 Å². The van der Waals surface area contributed by atoms with Gasteiger partial charge in [-0.3, -0.25) is 4.98 Å². The van der Waals surface area contributed by atoms with Crippen molar-refractivity contribution in [2.24, 2.45) is 0 Å². The van der Waals surface area contributed by atoms with Crippen LogP contribution < -0.4 is 10.1 Å². The summed E-state index contributed by atoms with van der Waals surface area (Å²) in [5, 5.41) is 3.55. The third kappa shape index (κ3) is 5.06. The maximum absolute atomic E-state index is 5.34. The quantitative estimate of drug-likeness (QED) is 0.712. The van der Waals surface area contributed by atoms with E-state index in [-0.39, 0.29) is 6.04 Å². The van der Waals surface area contributed by atoms with Crippen molar-refractivity contribution in [2.45, 2.75) is 39.7 Å². The molecule has 0 aliphatic rings. The Morgan fingerprint density at radius 1 is 1.20 bits per heavy atom. The number of hydrogen-bond acceptors (Lipinski definition) is 5. The van der Waals surface area contributed by atoms with Crippen LogP contribution in [0.15, 0.2) is 12.4 Å². The van der Waals surface area contributed by atoms with Gasteiger partial charge in [-0.15, -0.1) is 0 Å². The van der Waals surface area contributed by atoms with E-state index in [4.69, 9.17) is 4.74 Å². The Balaban J connectivity index is 2.77. The Bertz CT molecular complexity index is 369. The van der Waals surface area contributed by atoms with Crippen molar-refractivity contribution in [3.63, 3.8) is 0 Å². The van der Waals surface area contributed by atoms with Gasteiger partial charge in [-0.25, -0.2) is 4.98 Å². The number of nitrogens with zero attached hydrogens (tertiary/aromatic N) is 3. The van der Waals surface area contributed by atoms with Crippen LogP contribution in [0.25, 0.3) is 0 Å². The SMILES string of the molecule is CCCNC(CCN(CC)CC)c1nccnc1OC. The second-order valence-electron chi connectivity index (χ2n) is 4.77. The number of rotatable bonds is 10. The predicted molar refractivity (Wildman–Crippen MR) is 82.0 cm³/mol. The lowest BCUT2D eigenvalue weighted by molar-refractivity contribution is 0.277. The van der Waals surface area contributed by atoms with Crippen molar-refractivity contribution in [3.8, 4) is 5.88 Å². The Labute approximate surface area is 122 Å². The zero-order valence-electron chi connectivity index (χ0n) is 13.2. The zero-order valence-corrected chi connectivity index (χ0v) is 13.2. The van der Waals surface area contributed by atoms with E-state index in [1.54, 1.807) is 19.5 Å². The molecule has 1 atom stereocenters. The topological polar surface area (TPSA) is 50.3 Å². The molecule has 1 aromatic rings. The van der Waals surface area contributed by atoms with E-state index >= 15 is 0 Å². The first-order chi connectivity index (χ1) is 9.76. The maximum Gasteiger partial charge on any atom is 0.236 e. The van der Waals surface area contributed by atoms with Crippen LogP contribution in [0.5, 0.6) is 5.88 Å². The normalized spacial score (nSPS) is 12.7. The molecule has 0 aromatic carbocycles. The molecule has 0 aliphatic carbocycles. The Morgan fingerprint density at radius 3 is 2.50 bits per heavy atom. The van der Waals surface area contributed by atoms with Crippen LogP contribution in [-0.4, -0.2) is 48.2 Å². The molecule has 0 fully saturated rings. The van der Waals surface area contributed by atoms with Crippen LogP contribution in [0.4, 0.5) is 0 Å². The third-order valence-electron chi connectivity index (χ3n) is 3.48. The van der Waals surface area contributed by atoms with E-state index in [9.17, 15) is 0 Å². The number of nitrogens with one attached hydrogen (secondary N) is 1. The standard InChI is InChI=1S/C15H28N4O/c1-5-9-16-13(8-12-19(6-2)7-3)14-15(20-4)18-11-10-17-14/h10-11,13,16H,5-9,12H2,1-4H3. The summed E-state index contributed by atoms with van der Waals surface area (Å²) in [6, 6.07) is 0.194. The minimum absolute atomic E-state index is 0.194. The van der Waals surface area contributed by atoms with E-state index in [0.29, 0.717) is 5.88 Å². The first-order valence-corrected chi connectivity index (χ1v) is 7.57. The van der Waals surface area contributed by atoms with Crippen LogP contribution in [0.3, 0.4) is 0 Å². The Morgan fingerprint density at radius 2 is 1.90 bits per heavy atom. The Kier molecular flexibility index (Phi) is 8.14. The summed E-state index contributed by atoms with van der Waals surface area (Å²) in [7, 11) is 1.65. The van der Waals surface area contributed by atoms with E-state index in [0.717, 1.165) is 44.7 Å². The molecule has 20 heavy (non-hydrogen) atoms. The predicted octanol–water partition coefficient (Wildman–Crippen LogP) is 2.26. The van der Waals surface area contributed by atoms with Crippen LogP contribution in [-0.2, 0) is 0 Å². The van der Waals surface area contributed by atoms with Gasteiger partial charge in [0.15, 0.2) is 0 Å². The van der Waals surface area contributed by atoms with Gasteiger partial charge in [0, 0.05) is 12.4 Å². The molecule has 1 aromatic heterocycles. The lowest BCUT2D eigenvalue weighted by Gasteiger charge is -2.23. The minimum atomic E-state index is 0.194. The highest BCUT2D eigenvalue weighted by atomic mass is 16.5.